The molecule has 0 radical (unpaired) electrons. The zero-order valence-electron chi connectivity index (χ0n) is 16.7. The minimum Gasteiger partial charge on any atom is -0.485 e. The van der Waals surface area contributed by atoms with Crippen LogP contribution in [0.1, 0.15) is 41.3 Å². The van der Waals surface area contributed by atoms with Crippen molar-refractivity contribution in [2.45, 2.75) is 38.8 Å². The maximum atomic E-state index is 12.8. The van der Waals surface area contributed by atoms with Crippen molar-refractivity contribution >= 4 is 11.8 Å². The normalized spacial score (nSPS) is 18.0. The highest BCUT2D eigenvalue weighted by Crippen LogP contribution is 2.36. The lowest BCUT2D eigenvalue weighted by atomic mass is 9.90. The van der Waals surface area contributed by atoms with Crippen LogP contribution in [0.5, 0.6) is 5.75 Å². The van der Waals surface area contributed by atoms with Gasteiger partial charge in [0, 0.05) is 57.2 Å². The molecule has 1 aromatic carbocycles. The molecule has 4 rings (SSSR count). The Morgan fingerprint density at radius 1 is 1.10 bits per heavy atom. The van der Waals surface area contributed by atoms with Crippen LogP contribution in [-0.2, 0) is 11.3 Å². The molecule has 0 saturated carbocycles. The smallest absolute Gasteiger partial charge is 0.255 e. The molecule has 2 aromatic rings. The molecular weight excluding hydrogens is 370 g/mol. The van der Waals surface area contributed by atoms with Crippen LogP contribution in [0.15, 0.2) is 41.3 Å². The number of carbonyl (C=O) groups is 2. The number of nitrogens with zero attached hydrogens (tertiary/aromatic N) is 2. The molecule has 1 N–H and O–H groups in total. The molecule has 1 spiro atoms. The number of aromatic amines is 1. The van der Waals surface area contributed by atoms with Gasteiger partial charge >= 0.3 is 0 Å². The summed E-state index contributed by atoms with van der Waals surface area (Å²) in [5.74, 6) is 0.734. The number of ether oxygens (including phenoxy) is 1. The number of likely N-dealkylation sites (tertiary alicyclic amines) is 1. The second-order valence-electron chi connectivity index (χ2n) is 8.01. The van der Waals surface area contributed by atoms with Gasteiger partial charge in [0.25, 0.3) is 5.91 Å². The van der Waals surface area contributed by atoms with E-state index in [-0.39, 0.29) is 17.4 Å². The van der Waals surface area contributed by atoms with Crippen LogP contribution >= 0.6 is 0 Å². The molecule has 0 atom stereocenters. The topological polar surface area (TPSA) is 82.7 Å². The predicted molar refractivity (Wildman–Crippen MR) is 108 cm³/mol. The monoisotopic (exact) mass is 395 g/mol. The van der Waals surface area contributed by atoms with Crippen LogP contribution in [0.3, 0.4) is 0 Å². The standard InChI is InChI=1S/C22H25N3O4/c1-15-3-5-19-18(11-15)13-25(16(2)26)14-22(29-19)7-9-24(10-8-22)21(28)17-4-6-20(27)23-12-17/h3-6,11-12H,7-10,13-14H2,1-2H3,(H,23,27). The highest BCUT2D eigenvalue weighted by molar-refractivity contribution is 5.93. The van der Waals surface area contributed by atoms with Crippen molar-refractivity contribution in [3.8, 4) is 5.75 Å². The van der Waals surface area contributed by atoms with Gasteiger partial charge in [-0.2, -0.15) is 0 Å². The third-order valence-electron chi connectivity index (χ3n) is 5.82. The first kappa shape index (κ1) is 19.2. The number of hydrogen-bond acceptors (Lipinski definition) is 4. The molecular formula is C22H25N3O4. The Kier molecular flexibility index (Phi) is 4.90. The van der Waals surface area contributed by atoms with Crippen molar-refractivity contribution < 1.29 is 14.3 Å². The van der Waals surface area contributed by atoms with Gasteiger partial charge in [0.05, 0.1) is 12.1 Å². The first-order valence-electron chi connectivity index (χ1n) is 9.87. The Morgan fingerprint density at radius 3 is 2.52 bits per heavy atom. The molecule has 2 amide bonds. The van der Waals surface area contributed by atoms with Gasteiger partial charge in [-0.15, -0.1) is 0 Å². The zero-order valence-corrected chi connectivity index (χ0v) is 16.7. The van der Waals surface area contributed by atoms with Crippen LogP contribution in [0, 0.1) is 6.92 Å². The number of fused-ring (bicyclic) bond motifs is 1. The van der Waals surface area contributed by atoms with E-state index in [2.05, 4.69) is 11.1 Å². The van der Waals surface area contributed by atoms with Crippen LogP contribution in [0.25, 0.3) is 0 Å². The first-order valence-corrected chi connectivity index (χ1v) is 9.87. The number of rotatable bonds is 1. The second-order valence-corrected chi connectivity index (χ2v) is 8.01. The van der Waals surface area contributed by atoms with Crippen molar-refractivity contribution in [3.63, 3.8) is 0 Å². The Bertz CT molecular complexity index is 985. The number of pyridine rings is 1. The Morgan fingerprint density at radius 2 is 1.86 bits per heavy atom. The van der Waals surface area contributed by atoms with Crippen molar-refractivity contribution in [2.75, 3.05) is 19.6 Å². The number of aromatic nitrogens is 1. The summed E-state index contributed by atoms with van der Waals surface area (Å²) in [5, 5.41) is 0. The van der Waals surface area contributed by atoms with Crippen LogP contribution in [0.4, 0.5) is 0 Å². The maximum Gasteiger partial charge on any atom is 0.255 e. The van der Waals surface area contributed by atoms with E-state index in [4.69, 9.17) is 4.74 Å². The fraction of sp³-hybridized carbons (Fsp3) is 0.409. The van der Waals surface area contributed by atoms with E-state index in [1.165, 1.54) is 12.3 Å². The molecule has 0 bridgehead atoms. The fourth-order valence-electron chi connectivity index (χ4n) is 4.13. The minimum absolute atomic E-state index is 0.0223. The Labute approximate surface area is 169 Å². The van der Waals surface area contributed by atoms with Gasteiger partial charge in [-0.1, -0.05) is 17.7 Å². The summed E-state index contributed by atoms with van der Waals surface area (Å²) < 4.78 is 6.49. The van der Waals surface area contributed by atoms with Crippen molar-refractivity contribution in [1.29, 1.82) is 0 Å². The molecule has 1 aromatic heterocycles. The SMILES string of the molecule is CC(=O)N1Cc2cc(C)ccc2OC2(CCN(C(=O)c3ccc(=O)[nH]c3)CC2)C1. The molecule has 1 fully saturated rings. The third kappa shape index (κ3) is 3.90. The maximum absolute atomic E-state index is 12.8. The highest BCUT2D eigenvalue weighted by Gasteiger charge is 2.42. The quantitative estimate of drug-likeness (QED) is 0.802. The fourth-order valence-corrected chi connectivity index (χ4v) is 4.13. The molecule has 2 aliphatic rings. The van der Waals surface area contributed by atoms with E-state index in [1.54, 1.807) is 17.9 Å². The average Bonchev–Trinajstić information content (AvgIpc) is 2.85. The van der Waals surface area contributed by atoms with E-state index in [9.17, 15) is 14.4 Å². The summed E-state index contributed by atoms with van der Waals surface area (Å²) in [6.07, 6.45) is 2.73. The van der Waals surface area contributed by atoms with Gasteiger partial charge in [0.15, 0.2) is 0 Å². The van der Waals surface area contributed by atoms with E-state index >= 15 is 0 Å². The van der Waals surface area contributed by atoms with Crippen molar-refractivity contribution in [3.05, 3.63) is 63.6 Å². The first-order chi connectivity index (χ1) is 13.8. The number of benzene rings is 1. The van der Waals surface area contributed by atoms with Crippen molar-refractivity contribution in [2.24, 2.45) is 0 Å². The number of hydrogen-bond donors (Lipinski definition) is 1. The van der Waals surface area contributed by atoms with Gasteiger partial charge in [0.2, 0.25) is 11.5 Å². The van der Waals surface area contributed by atoms with Crippen molar-refractivity contribution in [1.82, 2.24) is 14.8 Å². The number of carbonyl (C=O) groups excluding carboxylic acids is 2. The summed E-state index contributed by atoms with van der Waals surface area (Å²) in [7, 11) is 0. The lowest BCUT2D eigenvalue weighted by Crippen LogP contribution is -2.55. The second kappa shape index (κ2) is 7.39. The molecule has 0 unspecified atom stereocenters. The number of H-pyrrole nitrogens is 1. The highest BCUT2D eigenvalue weighted by atomic mass is 16.5. The van der Waals surface area contributed by atoms with Gasteiger partial charge < -0.3 is 19.5 Å². The minimum atomic E-state index is -0.506. The van der Waals surface area contributed by atoms with Gasteiger partial charge in [-0.05, 0) is 19.1 Å². The van der Waals surface area contributed by atoms with E-state index < -0.39 is 5.60 Å². The molecule has 0 aliphatic carbocycles. The summed E-state index contributed by atoms with van der Waals surface area (Å²) in [6.45, 7) is 5.73. The number of piperidine rings is 1. The van der Waals surface area contributed by atoms with E-state index in [0.717, 1.165) is 16.9 Å². The molecule has 2 aliphatic heterocycles. The summed E-state index contributed by atoms with van der Waals surface area (Å²) >= 11 is 0. The van der Waals surface area contributed by atoms with E-state index in [1.807, 2.05) is 24.0 Å². The molecule has 7 heteroatoms. The average molecular weight is 395 g/mol. The van der Waals surface area contributed by atoms with Crippen LogP contribution in [0.2, 0.25) is 0 Å². The Balaban J connectivity index is 1.54. The van der Waals surface area contributed by atoms with Gasteiger partial charge in [0.1, 0.15) is 11.4 Å². The van der Waals surface area contributed by atoms with E-state index in [0.29, 0.717) is 44.6 Å². The lowest BCUT2D eigenvalue weighted by molar-refractivity contribution is -0.132. The summed E-state index contributed by atoms with van der Waals surface area (Å²) in [4.78, 5) is 42.4. The molecule has 7 nitrogen and oxygen atoms in total. The number of nitrogens with one attached hydrogen (secondary N) is 1. The van der Waals surface area contributed by atoms with Crippen LogP contribution in [-0.4, -0.2) is 51.8 Å². The molecule has 152 valence electrons. The molecule has 3 heterocycles. The Hall–Kier alpha value is -3.09. The molecule has 1 saturated heterocycles. The largest absolute Gasteiger partial charge is 0.485 e. The lowest BCUT2D eigenvalue weighted by Gasteiger charge is -2.42. The van der Waals surface area contributed by atoms with Gasteiger partial charge in [-0.25, -0.2) is 0 Å². The van der Waals surface area contributed by atoms with Gasteiger partial charge in [-0.3, -0.25) is 14.4 Å². The predicted octanol–water partition coefficient (Wildman–Crippen LogP) is 2.10. The molecule has 29 heavy (non-hydrogen) atoms. The summed E-state index contributed by atoms with van der Waals surface area (Å²) in [5.41, 5.74) is 1.88. The number of aryl methyl sites for hydroxylation is 1. The summed E-state index contributed by atoms with van der Waals surface area (Å²) in [6, 6.07) is 8.97. The third-order valence-corrected chi connectivity index (χ3v) is 5.82. The number of amides is 2. The zero-order chi connectivity index (χ0) is 20.6. The van der Waals surface area contributed by atoms with Crippen LogP contribution < -0.4 is 10.3 Å².